The van der Waals surface area contributed by atoms with Crippen LogP contribution in [0.5, 0.6) is 0 Å². The molecule has 4 atom stereocenters. The highest BCUT2D eigenvalue weighted by atomic mass is 19.4. The van der Waals surface area contributed by atoms with E-state index in [2.05, 4.69) is 32.3 Å². The van der Waals surface area contributed by atoms with Crippen LogP contribution in [-0.2, 0) is 10.9 Å². The highest BCUT2D eigenvalue weighted by molar-refractivity contribution is 5.91. The summed E-state index contributed by atoms with van der Waals surface area (Å²) in [5.74, 6) is 0.459. The van der Waals surface area contributed by atoms with E-state index in [4.69, 9.17) is 4.74 Å². The van der Waals surface area contributed by atoms with Crippen molar-refractivity contribution in [2.45, 2.75) is 57.0 Å². The van der Waals surface area contributed by atoms with Crippen LogP contribution in [0.3, 0.4) is 0 Å². The molecule has 0 unspecified atom stereocenters. The molecule has 1 saturated heterocycles. The van der Waals surface area contributed by atoms with Gasteiger partial charge in [0.25, 0.3) is 0 Å². The molecule has 1 aliphatic carbocycles. The lowest BCUT2D eigenvalue weighted by molar-refractivity contribution is -0.155. The van der Waals surface area contributed by atoms with E-state index in [9.17, 15) is 18.0 Å². The first-order valence-electron chi connectivity index (χ1n) is 11.0. The number of nitrogens with one attached hydrogen (secondary N) is 1. The van der Waals surface area contributed by atoms with E-state index in [-0.39, 0.29) is 29.2 Å². The van der Waals surface area contributed by atoms with Crippen molar-refractivity contribution < 1.29 is 22.7 Å². The topological polar surface area (TPSA) is 97.5 Å². The Labute approximate surface area is 193 Å². The maximum atomic E-state index is 13.7. The summed E-state index contributed by atoms with van der Waals surface area (Å²) in [5.41, 5.74) is -1.18. The number of anilines is 1. The number of halogens is 3. The molecule has 4 heterocycles. The minimum atomic E-state index is -4.66. The molecule has 1 N–H and O–H groups in total. The SMILES string of the molecule is CO[C@H](C)[C@@]12C[C@@H](C)C[C@@H](C1)N2C(=O)Nc1cc(-c2cn3ncnc3cn2)c(C(F)(F)F)cn1. The van der Waals surface area contributed by atoms with Crippen molar-refractivity contribution in [3.05, 3.63) is 36.5 Å². The summed E-state index contributed by atoms with van der Waals surface area (Å²) >= 11 is 0. The molecule has 12 heteroatoms. The lowest BCUT2D eigenvalue weighted by Crippen LogP contribution is -2.76. The number of alkyl halides is 3. The summed E-state index contributed by atoms with van der Waals surface area (Å²) in [5, 5.41) is 6.66. The number of methoxy groups -OCH3 is 1. The van der Waals surface area contributed by atoms with E-state index < -0.39 is 23.3 Å². The molecule has 0 spiro atoms. The average Bonchev–Trinajstić information content (AvgIpc) is 3.25. The van der Waals surface area contributed by atoms with Gasteiger partial charge in [0.05, 0.1) is 35.3 Å². The molecule has 180 valence electrons. The van der Waals surface area contributed by atoms with Crippen LogP contribution in [0.4, 0.5) is 23.8 Å². The van der Waals surface area contributed by atoms with E-state index in [1.54, 1.807) is 12.0 Å². The molecule has 3 aromatic heterocycles. The van der Waals surface area contributed by atoms with Crippen LogP contribution >= 0.6 is 0 Å². The number of nitrogens with zero attached hydrogens (tertiary/aromatic N) is 6. The predicted molar refractivity (Wildman–Crippen MR) is 116 cm³/mol. The van der Waals surface area contributed by atoms with Gasteiger partial charge in [-0.3, -0.25) is 10.3 Å². The lowest BCUT2D eigenvalue weighted by atomic mass is 9.62. The summed E-state index contributed by atoms with van der Waals surface area (Å²) in [6, 6.07) is 0.854. The first-order chi connectivity index (χ1) is 16.1. The Morgan fingerprint density at radius 3 is 2.79 bits per heavy atom. The van der Waals surface area contributed by atoms with Gasteiger partial charge in [0.15, 0.2) is 5.65 Å². The fourth-order valence-corrected chi connectivity index (χ4v) is 5.48. The van der Waals surface area contributed by atoms with Crippen molar-refractivity contribution in [2.75, 3.05) is 12.4 Å². The second-order valence-corrected chi connectivity index (χ2v) is 9.13. The van der Waals surface area contributed by atoms with Gasteiger partial charge in [0.1, 0.15) is 12.1 Å². The number of amides is 2. The fraction of sp³-hybridized carbons (Fsp3) is 0.500. The van der Waals surface area contributed by atoms with Crippen LogP contribution in [0.2, 0.25) is 0 Å². The van der Waals surface area contributed by atoms with Gasteiger partial charge in [-0.15, -0.1) is 0 Å². The molecule has 2 aliphatic rings. The minimum Gasteiger partial charge on any atom is -0.379 e. The predicted octanol–water partition coefficient (Wildman–Crippen LogP) is 4.01. The van der Waals surface area contributed by atoms with Crippen LogP contribution in [0.1, 0.15) is 38.7 Å². The van der Waals surface area contributed by atoms with Crippen LogP contribution in [-0.4, -0.2) is 60.3 Å². The van der Waals surface area contributed by atoms with Crippen molar-refractivity contribution in [1.29, 1.82) is 0 Å². The monoisotopic (exact) mass is 475 g/mol. The maximum Gasteiger partial charge on any atom is 0.418 e. The van der Waals surface area contributed by atoms with E-state index in [0.29, 0.717) is 17.8 Å². The zero-order valence-corrected chi connectivity index (χ0v) is 18.9. The van der Waals surface area contributed by atoms with Crippen LogP contribution in [0, 0.1) is 5.92 Å². The van der Waals surface area contributed by atoms with Crippen molar-refractivity contribution >= 4 is 17.5 Å². The maximum absolute atomic E-state index is 13.7. The van der Waals surface area contributed by atoms with E-state index >= 15 is 0 Å². The second-order valence-electron chi connectivity index (χ2n) is 9.13. The van der Waals surface area contributed by atoms with Gasteiger partial charge in [-0.2, -0.15) is 18.3 Å². The average molecular weight is 475 g/mol. The zero-order valence-electron chi connectivity index (χ0n) is 18.9. The van der Waals surface area contributed by atoms with Gasteiger partial charge < -0.3 is 9.64 Å². The minimum absolute atomic E-state index is 0.00623. The highest BCUT2D eigenvalue weighted by Gasteiger charge is 2.61. The number of hydrogen-bond donors (Lipinski definition) is 1. The number of carbonyl (C=O) groups excluding carboxylic acids is 1. The first kappa shape index (κ1) is 22.5. The van der Waals surface area contributed by atoms with E-state index in [1.165, 1.54) is 29.3 Å². The van der Waals surface area contributed by atoms with Crippen molar-refractivity contribution in [2.24, 2.45) is 5.92 Å². The Morgan fingerprint density at radius 2 is 2.06 bits per heavy atom. The van der Waals surface area contributed by atoms with Crippen molar-refractivity contribution in [1.82, 2.24) is 29.5 Å². The molecule has 1 aliphatic heterocycles. The number of likely N-dealkylation sites (tertiary alicyclic amines) is 1. The number of piperidine rings is 1. The Kier molecular flexibility index (Phi) is 5.23. The normalized spacial score (nSPS) is 25.2. The molecular formula is C22H24F3N7O2. The van der Waals surface area contributed by atoms with Gasteiger partial charge in [-0.25, -0.2) is 19.3 Å². The summed E-state index contributed by atoms with van der Waals surface area (Å²) in [4.78, 5) is 27.0. The largest absolute Gasteiger partial charge is 0.418 e. The number of rotatable bonds is 4. The van der Waals surface area contributed by atoms with Crippen molar-refractivity contribution in [3.8, 4) is 11.3 Å². The van der Waals surface area contributed by atoms with E-state index in [1.807, 2.05) is 6.92 Å². The third-order valence-corrected chi connectivity index (χ3v) is 7.02. The standard InChI is InChI=1S/C22H24F3N7O2/c1-12-4-14-7-21(6-12,13(2)34-3)32(14)20(33)30-18-5-15(16(8-27-18)22(23,24)25)17-10-31-19(9-26-17)28-11-29-31/h5,8-14H,4,6-7H2,1-3H3,(H,27,30,33)/t12-,13+,14-,21+/m0/s1. The Hall–Kier alpha value is -3.28. The molecule has 34 heavy (non-hydrogen) atoms. The molecule has 2 fully saturated rings. The summed E-state index contributed by atoms with van der Waals surface area (Å²) < 4.78 is 48.1. The number of ether oxygens (including phenoxy) is 1. The molecule has 0 radical (unpaired) electrons. The van der Waals surface area contributed by atoms with Crippen LogP contribution < -0.4 is 5.32 Å². The third kappa shape index (κ3) is 3.56. The van der Waals surface area contributed by atoms with Gasteiger partial charge in [-0.05, 0) is 38.2 Å². The summed E-state index contributed by atoms with van der Waals surface area (Å²) in [6.45, 7) is 4.09. The molecule has 9 nitrogen and oxygen atoms in total. The van der Waals surface area contributed by atoms with Crippen LogP contribution in [0.25, 0.3) is 16.9 Å². The fourth-order valence-electron chi connectivity index (χ4n) is 5.48. The Bertz CT molecular complexity index is 1250. The quantitative estimate of drug-likeness (QED) is 0.612. The molecule has 2 bridgehead atoms. The van der Waals surface area contributed by atoms with E-state index in [0.717, 1.165) is 19.3 Å². The lowest BCUT2D eigenvalue weighted by Gasteiger charge is -2.65. The molecule has 1 saturated carbocycles. The second kappa shape index (κ2) is 7.90. The molecular weight excluding hydrogens is 451 g/mol. The zero-order chi connectivity index (χ0) is 24.3. The number of aromatic nitrogens is 5. The number of pyridine rings is 1. The summed E-state index contributed by atoms with van der Waals surface area (Å²) in [6.07, 6.45) is 2.37. The smallest absolute Gasteiger partial charge is 0.379 e. The van der Waals surface area contributed by atoms with Gasteiger partial charge in [0.2, 0.25) is 0 Å². The third-order valence-electron chi connectivity index (χ3n) is 7.02. The summed E-state index contributed by atoms with van der Waals surface area (Å²) in [7, 11) is 1.62. The van der Waals surface area contributed by atoms with Crippen LogP contribution in [0.15, 0.2) is 31.0 Å². The number of urea groups is 1. The highest BCUT2D eigenvalue weighted by Crippen LogP contribution is 2.52. The molecule has 5 rings (SSSR count). The molecule has 3 aromatic rings. The number of hydrogen-bond acceptors (Lipinski definition) is 6. The Morgan fingerprint density at radius 1 is 1.26 bits per heavy atom. The number of carbonyl (C=O) groups is 1. The molecule has 0 aromatic carbocycles. The first-order valence-corrected chi connectivity index (χ1v) is 11.0. The molecule has 2 amide bonds. The van der Waals surface area contributed by atoms with Gasteiger partial charge in [0, 0.05) is 24.9 Å². The van der Waals surface area contributed by atoms with Crippen molar-refractivity contribution in [3.63, 3.8) is 0 Å². The van der Waals surface area contributed by atoms with Gasteiger partial charge in [-0.1, -0.05) is 6.92 Å². The Balaban J connectivity index is 1.48. The number of fused-ring (bicyclic) bond motifs is 3. The van der Waals surface area contributed by atoms with Gasteiger partial charge >= 0.3 is 12.2 Å².